The zero-order valence-corrected chi connectivity index (χ0v) is 14.3. The van der Waals surface area contributed by atoms with E-state index in [9.17, 15) is 5.11 Å². The molecule has 2 saturated carbocycles. The Kier molecular flexibility index (Phi) is 3.11. The van der Waals surface area contributed by atoms with Gasteiger partial charge in [0.2, 0.25) is 0 Å². The van der Waals surface area contributed by atoms with E-state index in [1.54, 1.807) is 0 Å². The lowest BCUT2D eigenvalue weighted by Crippen LogP contribution is -2.62. The van der Waals surface area contributed by atoms with Crippen LogP contribution in [-0.4, -0.2) is 28.6 Å². The van der Waals surface area contributed by atoms with Crippen molar-refractivity contribution in [1.29, 1.82) is 0 Å². The van der Waals surface area contributed by atoms with Crippen LogP contribution in [-0.2, 0) is 11.8 Å². The number of hydrogen-bond donors (Lipinski definition) is 1. The number of nitrogens with zero attached hydrogens (tertiary/aromatic N) is 1. The molecule has 23 heavy (non-hydrogen) atoms. The van der Waals surface area contributed by atoms with E-state index in [-0.39, 0.29) is 0 Å². The van der Waals surface area contributed by atoms with Crippen LogP contribution in [0.3, 0.4) is 0 Å². The molecule has 124 valence electrons. The predicted octanol–water partition coefficient (Wildman–Crippen LogP) is 4.25. The summed E-state index contributed by atoms with van der Waals surface area (Å²) in [4.78, 5) is 2.89. The van der Waals surface area contributed by atoms with Gasteiger partial charge in [0.1, 0.15) is 5.75 Å². The summed E-state index contributed by atoms with van der Waals surface area (Å²) in [5, 5.41) is 10.1. The van der Waals surface area contributed by atoms with Gasteiger partial charge in [-0.15, -0.1) is 0 Å². The van der Waals surface area contributed by atoms with Crippen molar-refractivity contribution >= 4 is 0 Å². The van der Waals surface area contributed by atoms with E-state index in [4.69, 9.17) is 0 Å². The fourth-order valence-corrected chi connectivity index (χ4v) is 6.38. The Labute approximate surface area is 139 Å². The van der Waals surface area contributed by atoms with Crippen molar-refractivity contribution in [1.82, 2.24) is 4.90 Å². The van der Waals surface area contributed by atoms with Crippen LogP contribution in [0.4, 0.5) is 0 Å². The lowest BCUT2D eigenvalue weighted by Gasteiger charge is -2.60. The molecule has 1 saturated heterocycles. The Morgan fingerprint density at radius 3 is 2.87 bits per heavy atom. The molecule has 4 aliphatic rings. The van der Waals surface area contributed by atoms with E-state index in [0.717, 1.165) is 23.9 Å². The molecule has 4 atom stereocenters. The number of aromatic hydroxyl groups is 1. The third kappa shape index (κ3) is 2.03. The van der Waals surface area contributed by atoms with E-state index in [1.165, 1.54) is 69.0 Å². The Balaban J connectivity index is 1.59. The lowest BCUT2D eigenvalue weighted by molar-refractivity contribution is -0.0343. The third-order valence-corrected chi connectivity index (χ3v) is 7.69. The molecule has 0 aromatic heterocycles. The minimum Gasteiger partial charge on any atom is -0.508 e. The summed E-state index contributed by atoms with van der Waals surface area (Å²) in [6.07, 6.45) is 10.9. The van der Waals surface area contributed by atoms with Crippen LogP contribution in [0, 0.1) is 11.8 Å². The summed E-state index contributed by atoms with van der Waals surface area (Å²) in [5.74, 6) is 2.25. The van der Waals surface area contributed by atoms with Crippen LogP contribution in [0.2, 0.25) is 0 Å². The standard InChI is InChI=1S/C21H29NO/c1-14(15-5-6-15)22-11-10-21-9-3-2-4-18(21)20(22)12-16-7-8-17(23)13-19(16)21/h7-8,13-15,18,20,23H,2-6,9-12H2,1H3/t14-,18+,20+,21-/m0/s1. The zero-order chi connectivity index (χ0) is 15.6. The van der Waals surface area contributed by atoms with Crippen molar-refractivity contribution in [3.05, 3.63) is 29.3 Å². The van der Waals surface area contributed by atoms with Gasteiger partial charge in [0, 0.05) is 17.5 Å². The second-order valence-electron chi connectivity index (χ2n) is 8.69. The second-order valence-corrected chi connectivity index (χ2v) is 8.69. The maximum absolute atomic E-state index is 10.1. The number of fused-ring (bicyclic) bond motifs is 1. The molecule has 1 aliphatic heterocycles. The van der Waals surface area contributed by atoms with Crippen molar-refractivity contribution in [2.24, 2.45) is 11.8 Å². The van der Waals surface area contributed by atoms with Gasteiger partial charge in [0.05, 0.1) is 0 Å². The summed E-state index contributed by atoms with van der Waals surface area (Å²) >= 11 is 0. The normalized spacial score (nSPS) is 37.8. The molecule has 3 fully saturated rings. The third-order valence-electron chi connectivity index (χ3n) is 7.69. The molecule has 2 heteroatoms. The minimum atomic E-state index is 0.370. The zero-order valence-electron chi connectivity index (χ0n) is 14.3. The maximum atomic E-state index is 10.1. The van der Waals surface area contributed by atoms with Gasteiger partial charge in [0.25, 0.3) is 0 Å². The molecule has 1 heterocycles. The van der Waals surface area contributed by atoms with Crippen molar-refractivity contribution < 1.29 is 5.11 Å². The van der Waals surface area contributed by atoms with Gasteiger partial charge in [-0.2, -0.15) is 0 Å². The number of likely N-dealkylation sites (tertiary alicyclic amines) is 1. The second kappa shape index (κ2) is 4.99. The van der Waals surface area contributed by atoms with E-state index in [1.807, 2.05) is 6.07 Å². The molecule has 1 aromatic rings. The molecular weight excluding hydrogens is 282 g/mol. The van der Waals surface area contributed by atoms with Gasteiger partial charge >= 0.3 is 0 Å². The first-order valence-electron chi connectivity index (χ1n) is 9.77. The summed E-state index contributed by atoms with van der Waals surface area (Å²) < 4.78 is 0. The largest absolute Gasteiger partial charge is 0.508 e. The molecule has 1 aromatic carbocycles. The van der Waals surface area contributed by atoms with Crippen LogP contribution in [0.1, 0.15) is 63.0 Å². The molecular formula is C21H29NO. The van der Waals surface area contributed by atoms with E-state index in [0.29, 0.717) is 11.2 Å². The molecule has 0 spiro atoms. The monoisotopic (exact) mass is 311 g/mol. The summed E-state index contributed by atoms with van der Waals surface area (Å²) in [6.45, 7) is 3.76. The molecule has 2 bridgehead atoms. The van der Waals surface area contributed by atoms with Gasteiger partial charge in [-0.05, 0) is 87.1 Å². The Morgan fingerprint density at radius 2 is 2.04 bits per heavy atom. The Hall–Kier alpha value is -1.02. The smallest absolute Gasteiger partial charge is 0.115 e. The number of benzene rings is 1. The SMILES string of the molecule is C[C@@H](C1CC1)N1CC[C@@]23CCCC[C@@H]2[C@H]1Cc1ccc(O)cc13. The van der Waals surface area contributed by atoms with E-state index >= 15 is 0 Å². The number of rotatable bonds is 2. The highest BCUT2D eigenvalue weighted by Gasteiger charge is 2.55. The Bertz CT molecular complexity index is 622. The number of hydrogen-bond acceptors (Lipinski definition) is 2. The molecule has 0 unspecified atom stereocenters. The number of piperidine rings is 1. The van der Waals surface area contributed by atoms with Crippen LogP contribution >= 0.6 is 0 Å². The molecule has 2 nitrogen and oxygen atoms in total. The average molecular weight is 311 g/mol. The van der Waals surface area contributed by atoms with Crippen LogP contribution in [0.5, 0.6) is 5.75 Å². The average Bonchev–Trinajstić information content (AvgIpc) is 3.40. The highest BCUT2D eigenvalue weighted by Crippen LogP contribution is 2.57. The number of phenols is 1. The summed E-state index contributed by atoms with van der Waals surface area (Å²) in [6, 6.07) is 7.76. The summed E-state index contributed by atoms with van der Waals surface area (Å²) in [5.41, 5.74) is 3.41. The fraction of sp³-hybridized carbons (Fsp3) is 0.714. The minimum absolute atomic E-state index is 0.370. The molecule has 5 rings (SSSR count). The lowest BCUT2D eigenvalue weighted by atomic mass is 9.52. The van der Waals surface area contributed by atoms with Crippen molar-refractivity contribution in [3.63, 3.8) is 0 Å². The van der Waals surface area contributed by atoms with Gasteiger partial charge in [-0.1, -0.05) is 18.9 Å². The van der Waals surface area contributed by atoms with Gasteiger partial charge in [-0.3, -0.25) is 4.90 Å². The molecule has 0 amide bonds. The fourth-order valence-electron chi connectivity index (χ4n) is 6.38. The van der Waals surface area contributed by atoms with Crippen LogP contribution in [0.15, 0.2) is 18.2 Å². The quantitative estimate of drug-likeness (QED) is 0.882. The first-order chi connectivity index (χ1) is 11.2. The van der Waals surface area contributed by atoms with Gasteiger partial charge < -0.3 is 5.11 Å². The predicted molar refractivity (Wildman–Crippen MR) is 92.7 cm³/mol. The first-order valence-corrected chi connectivity index (χ1v) is 9.77. The van der Waals surface area contributed by atoms with Crippen LogP contribution < -0.4 is 0 Å². The van der Waals surface area contributed by atoms with Crippen LogP contribution in [0.25, 0.3) is 0 Å². The maximum Gasteiger partial charge on any atom is 0.115 e. The first kappa shape index (κ1) is 14.3. The van der Waals surface area contributed by atoms with Crippen molar-refractivity contribution in [3.8, 4) is 5.75 Å². The number of phenolic OH excluding ortho intramolecular Hbond substituents is 1. The topological polar surface area (TPSA) is 23.5 Å². The molecule has 0 radical (unpaired) electrons. The molecule has 3 aliphatic carbocycles. The van der Waals surface area contributed by atoms with Crippen molar-refractivity contribution in [2.75, 3.05) is 6.54 Å². The summed E-state index contributed by atoms with van der Waals surface area (Å²) in [7, 11) is 0. The van der Waals surface area contributed by atoms with E-state index < -0.39 is 0 Å². The van der Waals surface area contributed by atoms with E-state index in [2.05, 4.69) is 24.0 Å². The highest BCUT2D eigenvalue weighted by molar-refractivity contribution is 5.45. The van der Waals surface area contributed by atoms with Gasteiger partial charge in [0.15, 0.2) is 0 Å². The van der Waals surface area contributed by atoms with Gasteiger partial charge in [-0.25, -0.2) is 0 Å². The Morgan fingerprint density at radius 1 is 1.17 bits per heavy atom. The van der Waals surface area contributed by atoms with Crippen molar-refractivity contribution in [2.45, 2.75) is 75.8 Å². The molecule has 1 N–H and O–H groups in total. The highest BCUT2D eigenvalue weighted by atomic mass is 16.3.